The van der Waals surface area contributed by atoms with Gasteiger partial charge < -0.3 is 5.73 Å². The Morgan fingerprint density at radius 2 is 2.16 bits per heavy atom. The topological polar surface area (TPSA) is 60.9 Å². The largest absolute Gasteiger partial charge is 0.320 e. The SMILES string of the molecule is Cc1ccc(=O)n(Cc2cccc(C#CCN)c2)n1. The van der Waals surface area contributed by atoms with Gasteiger partial charge in [-0.15, -0.1) is 0 Å². The maximum Gasteiger partial charge on any atom is 0.267 e. The van der Waals surface area contributed by atoms with Gasteiger partial charge in [-0.1, -0.05) is 24.0 Å². The Labute approximate surface area is 111 Å². The highest BCUT2D eigenvalue weighted by atomic mass is 16.1. The molecule has 2 rings (SSSR count). The van der Waals surface area contributed by atoms with E-state index in [-0.39, 0.29) is 5.56 Å². The van der Waals surface area contributed by atoms with Crippen LogP contribution in [-0.2, 0) is 6.54 Å². The van der Waals surface area contributed by atoms with Crippen molar-refractivity contribution in [2.24, 2.45) is 5.73 Å². The molecule has 0 spiro atoms. The average molecular weight is 253 g/mol. The standard InChI is InChI=1S/C15H15N3O/c1-12-7-8-15(19)18(17-12)11-14-5-2-4-13(10-14)6-3-9-16/h2,4-5,7-8,10H,9,11,16H2,1H3. The molecule has 0 unspecified atom stereocenters. The van der Waals surface area contributed by atoms with E-state index in [0.717, 1.165) is 16.8 Å². The summed E-state index contributed by atoms with van der Waals surface area (Å²) < 4.78 is 1.45. The number of nitrogens with zero attached hydrogens (tertiary/aromatic N) is 2. The molecule has 1 aromatic heterocycles. The fourth-order valence-electron chi connectivity index (χ4n) is 1.74. The van der Waals surface area contributed by atoms with Crippen molar-refractivity contribution < 1.29 is 0 Å². The van der Waals surface area contributed by atoms with E-state index in [1.54, 1.807) is 6.07 Å². The number of nitrogens with two attached hydrogens (primary N) is 1. The molecule has 19 heavy (non-hydrogen) atoms. The van der Waals surface area contributed by atoms with Crippen LogP contribution >= 0.6 is 0 Å². The Morgan fingerprint density at radius 3 is 2.95 bits per heavy atom. The summed E-state index contributed by atoms with van der Waals surface area (Å²) in [6.07, 6.45) is 0. The van der Waals surface area contributed by atoms with Gasteiger partial charge >= 0.3 is 0 Å². The summed E-state index contributed by atoms with van der Waals surface area (Å²) in [5.41, 5.74) is 7.94. The first-order valence-corrected chi connectivity index (χ1v) is 6.01. The maximum absolute atomic E-state index is 11.7. The van der Waals surface area contributed by atoms with Crippen LogP contribution in [0.3, 0.4) is 0 Å². The third-order valence-electron chi connectivity index (χ3n) is 2.59. The summed E-state index contributed by atoms with van der Waals surface area (Å²) in [6, 6.07) is 11.0. The van der Waals surface area contributed by atoms with Crippen LogP contribution in [0, 0.1) is 18.8 Å². The van der Waals surface area contributed by atoms with Crippen molar-refractivity contribution >= 4 is 0 Å². The molecule has 0 bridgehead atoms. The lowest BCUT2D eigenvalue weighted by Gasteiger charge is -2.05. The van der Waals surface area contributed by atoms with E-state index in [1.807, 2.05) is 31.2 Å². The van der Waals surface area contributed by atoms with E-state index in [0.29, 0.717) is 13.1 Å². The predicted octanol–water partition coefficient (Wildman–Crippen LogP) is 0.910. The molecule has 4 heteroatoms. The predicted molar refractivity (Wildman–Crippen MR) is 74.7 cm³/mol. The van der Waals surface area contributed by atoms with Gasteiger partial charge in [-0.3, -0.25) is 4.79 Å². The zero-order valence-electron chi connectivity index (χ0n) is 10.8. The van der Waals surface area contributed by atoms with Crippen molar-refractivity contribution in [3.63, 3.8) is 0 Å². The molecule has 0 aliphatic rings. The van der Waals surface area contributed by atoms with Gasteiger partial charge in [-0.05, 0) is 30.7 Å². The Balaban J connectivity index is 2.28. The highest BCUT2D eigenvalue weighted by Crippen LogP contribution is 2.05. The molecule has 0 radical (unpaired) electrons. The smallest absolute Gasteiger partial charge is 0.267 e. The maximum atomic E-state index is 11.7. The zero-order chi connectivity index (χ0) is 13.7. The highest BCUT2D eigenvalue weighted by Gasteiger charge is 2.00. The van der Waals surface area contributed by atoms with Crippen LogP contribution in [0.25, 0.3) is 0 Å². The Kier molecular flexibility index (Phi) is 4.11. The van der Waals surface area contributed by atoms with Crippen LogP contribution in [0.1, 0.15) is 16.8 Å². The van der Waals surface area contributed by atoms with Crippen LogP contribution in [0.15, 0.2) is 41.2 Å². The van der Waals surface area contributed by atoms with Gasteiger partial charge in [0.1, 0.15) is 0 Å². The third kappa shape index (κ3) is 3.54. The summed E-state index contributed by atoms with van der Waals surface area (Å²) in [5.74, 6) is 5.78. The van der Waals surface area contributed by atoms with E-state index in [2.05, 4.69) is 16.9 Å². The monoisotopic (exact) mass is 253 g/mol. The number of rotatable bonds is 2. The van der Waals surface area contributed by atoms with E-state index in [9.17, 15) is 4.79 Å². The molecule has 0 amide bonds. The van der Waals surface area contributed by atoms with Crippen LogP contribution in [0.2, 0.25) is 0 Å². The molecule has 2 aromatic rings. The second kappa shape index (κ2) is 5.98. The Morgan fingerprint density at radius 1 is 1.32 bits per heavy atom. The first kappa shape index (κ1) is 13.1. The summed E-state index contributed by atoms with van der Waals surface area (Å²) in [6.45, 7) is 2.64. The van der Waals surface area contributed by atoms with Gasteiger partial charge in [-0.25, -0.2) is 4.68 Å². The van der Waals surface area contributed by atoms with Gasteiger partial charge in [0, 0.05) is 11.6 Å². The summed E-state index contributed by atoms with van der Waals surface area (Å²) in [4.78, 5) is 11.7. The minimum absolute atomic E-state index is 0.107. The molecule has 1 aromatic carbocycles. The van der Waals surface area contributed by atoms with E-state index in [4.69, 9.17) is 5.73 Å². The molecular weight excluding hydrogens is 238 g/mol. The normalized spacial score (nSPS) is 9.79. The van der Waals surface area contributed by atoms with Crippen molar-refractivity contribution in [1.29, 1.82) is 0 Å². The van der Waals surface area contributed by atoms with Crippen LogP contribution in [0.5, 0.6) is 0 Å². The fourth-order valence-corrected chi connectivity index (χ4v) is 1.74. The van der Waals surface area contributed by atoms with Crippen LogP contribution in [-0.4, -0.2) is 16.3 Å². The third-order valence-corrected chi connectivity index (χ3v) is 2.59. The second-order valence-corrected chi connectivity index (χ2v) is 4.18. The summed E-state index contributed by atoms with van der Waals surface area (Å²) in [5, 5.41) is 4.21. The van der Waals surface area contributed by atoms with Gasteiger partial charge in [0.2, 0.25) is 0 Å². The molecule has 2 N–H and O–H groups in total. The fraction of sp³-hybridized carbons (Fsp3) is 0.200. The quantitative estimate of drug-likeness (QED) is 0.809. The molecular formula is C15H15N3O. The molecule has 1 heterocycles. The lowest BCUT2D eigenvalue weighted by molar-refractivity contribution is 0.628. The van der Waals surface area contributed by atoms with Gasteiger partial charge in [0.05, 0.1) is 18.8 Å². The van der Waals surface area contributed by atoms with E-state index in [1.165, 1.54) is 10.7 Å². The van der Waals surface area contributed by atoms with Crippen molar-refractivity contribution in [3.8, 4) is 11.8 Å². The van der Waals surface area contributed by atoms with Gasteiger partial charge in [0.15, 0.2) is 0 Å². The van der Waals surface area contributed by atoms with Gasteiger partial charge in [0.25, 0.3) is 5.56 Å². The number of benzene rings is 1. The molecule has 4 nitrogen and oxygen atoms in total. The zero-order valence-corrected chi connectivity index (χ0v) is 10.8. The van der Waals surface area contributed by atoms with Crippen LogP contribution < -0.4 is 11.3 Å². The number of hydrogen-bond donors (Lipinski definition) is 1. The molecule has 96 valence electrons. The van der Waals surface area contributed by atoms with Crippen molar-refractivity contribution in [2.75, 3.05) is 6.54 Å². The first-order chi connectivity index (χ1) is 9.19. The highest BCUT2D eigenvalue weighted by molar-refractivity contribution is 5.37. The molecule has 0 saturated carbocycles. The molecule has 0 atom stereocenters. The van der Waals surface area contributed by atoms with Crippen molar-refractivity contribution in [3.05, 3.63) is 63.6 Å². The lowest BCUT2D eigenvalue weighted by Crippen LogP contribution is -2.22. The molecule has 0 aliphatic carbocycles. The van der Waals surface area contributed by atoms with E-state index >= 15 is 0 Å². The van der Waals surface area contributed by atoms with Gasteiger partial charge in [-0.2, -0.15) is 5.10 Å². The van der Waals surface area contributed by atoms with Crippen LogP contribution in [0.4, 0.5) is 0 Å². The van der Waals surface area contributed by atoms with Crippen molar-refractivity contribution in [2.45, 2.75) is 13.5 Å². The Hall–Kier alpha value is -2.38. The number of aromatic nitrogens is 2. The number of aryl methyl sites for hydroxylation is 1. The average Bonchev–Trinajstić information content (AvgIpc) is 2.41. The minimum Gasteiger partial charge on any atom is -0.320 e. The first-order valence-electron chi connectivity index (χ1n) is 6.01. The van der Waals surface area contributed by atoms with Crippen molar-refractivity contribution in [1.82, 2.24) is 9.78 Å². The Bertz CT molecular complexity index is 692. The minimum atomic E-state index is -0.107. The lowest BCUT2D eigenvalue weighted by atomic mass is 10.1. The molecule has 0 fully saturated rings. The molecule has 0 aliphatic heterocycles. The number of hydrogen-bond acceptors (Lipinski definition) is 3. The molecule has 0 saturated heterocycles. The van der Waals surface area contributed by atoms with E-state index < -0.39 is 0 Å². The summed E-state index contributed by atoms with van der Waals surface area (Å²) in [7, 11) is 0. The summed E-state index contributed by atoms with van der Waals surface area (Å²) >= 11 is 0. The second-order valence-electron chi connectivity index (χ2n) is 4.18.